The monoisotopic (exact) mass is 308 g/mol. The number of aromatic nitrogens is 2. The van der Waals surface area contributed by atoms with Gasteiger partial charge in [0.15, 0.2) is 0 Å². The largest absolute Gasteiger partial charge is 0.459 e. The SMILES string of the molecule is CCOC(=O)c1nc(-c2cc([N+](=O)[O-])cc([N+](=O)[O-])c2)no1. The third-order valence-electron chi connectivity index (χ3n) is 2.46. The Morgan fingerprint density at radius 2 is 1.82 bits per heavy atom. The second-order valence-corrected chi connectivity index (χ2v) is 3.90. The number of nitrogens with zero attached hydrogens (tertiary/aromatic N) is 4. The first-order valence-electron chi connectivity index (χ1n) is 5.87. The maximum Gasteiger partial charge on any atom is 0.397 e. The van der Waals surface area contributed by atoms with Gasteiger partial charge in [-0.2, -0.15) is 4.98 Å². The van der Waals surface area contributed by atoms with Gasteiger partial charge < -0.3 is 9.26 Å². The van der Waals surface area contributed by atoms with E-state index < -0.39 is 33.1 Å². The number of carbonyl (C=O) groups excluding carboxylic acids is 1. The number of non-ortho nitro benzene ring substituents is 2. The van der Waals surface area contributed by atoms with Crippen LogP contribution in [0.1, 0.15) is 17.6 Å². The van der Waals surface area contributed by atoms with Gasteiger partial charge in [0.2, 0.25) is 5.82 Å². The Kier molecular flexibility index (Phi) is 4.06. The lowest BCUT2D eigenvalue weighted by atomic mass is 10.1. The Morgan fingerprint density at radius 3 is 2.32 bits per heavy atom. The normalized spacial score (nSPS) is 10.2. The molecule has 0 unspecified atom stereocenters. The molecule has 1 heterocycles. The Labute approximate surface area is 121 Å². The highest BCUT2D eigenvalue weighted by atomic mass is 16.6. The molecule has 0 amide bonds. The van der Waals surface area contributed by atoms with E-state index >= 15 is 0 Å². The molecule has 2 aromatic rings. The Balaban J connectivity index is 2.46. The summed E-state index contributed by atoms with van der Waals surface area (Å²) in [5.74, 6) is -1.51. The molecule has 0 aliphatic rings. The lowest BCUT2D eigenvalue weighted by Gasteiger charge is -1.97. The molecule has 0 aliphatic carbocycles. The zero-order valence-corrected chi connectivity index (χ0v) is 11.1. The second-order valence-electron chi connectivity index (χ2n) is 3.90. The van der Waals surface area contributed by atoms with Crippen molar-refractivity contribution in [2.45, 2.75) is 6.92 Å². The Morgan fingerprint density at radius 1 is 1.23 bits per heavy atom. The standard InChI is InChI=1S/C11H8N4O7/c1-2-21-11(16)10-12-9(13-22-10)6-3-7(14(17)18)5-8(4-6)15(19)20/h3-5H,2H2,1H3. The number of carbonyl (C=O) groups is 1. The van der Waals surface area contributed by atoms with E-state index in [4.69, 9.17) is 0 Å². The summed E-state index contributed by atoms with van der Waals surface area (Å²) in [5.41, 5.74) is -1.04. The van der Waals surface area contributed by atoms with Crippen LogP contribution in [-0.4, -0.2) is 32.6 Å². The van der Waals surface area contributed by atoms with Gasteiger partial charge in [-0.25, -0.2) is 4.79 Å². The molecule has 0 fully saturated rings. The minimum Gasteiger partial charge on any atom is -0.459 e. The van der Waals surface area contributed by atoms with Crippen LogP contribution in [0.5, 0.6) is 0 Å². The van der Waals surface area contributed by atoms with Crippen molar-refractivity contribution in [3.05, 3.63) is 44.3 Å². The summed E-state index contributed by atoms with van der Waals surface area (Å²) >= 11 is 0. The Bertz CT molecular complexity index is 722. The van der Waals surface area contributed by atoms with Crippen LogP contribution in [0.4, 0.5) is 11.4 Å². The fourth-order valence-electron chi connectivity index (χ4n) is 1.55. The van der Waals surface area contributed by atoms with E-state index in [9.17, 15) is 25.0 Å². The number of nitro benzene ring substituents is 2. The summed E-state index contributed by atoms with van der Waals surface area (Å²) in [6.07, 6.45) is 0. The first-order valence-corrected chi connectivity index (χ1v) is 5.87. The predicted molar refractivity (Wildman–Crippen MR) is 69.0 cm³/mol. The Hall–Kier alpha value is -3.37. The fraction of sp³-hybridized carbons (Fsp3) is 0.182. The third kappa shape index (κ3) is 3.03. The number of rotatable bonds is 5. The predicted octanol–water partition coefficient (Wildman–Crippen LogP) is 1.73. The number of ether oxygens (including phenoxy) is 1. The number of hydrogen-bond acceptors (Lipinski definition) is 9. The summed E-state index contributed by atoms with van der Waals surface area (Å²) in [4.78, 5) is 35.1. The van der Waals surface area contributed by atoms with Crippen molar-refractivity contribution in [3.63, 3.8) is 0 Å². The lowest BCUT2D eigenvalue weighted by Crippen LogP contribution is -2.04. The van der Waals surface area contributed by atoms with Crippen molar-refractivity contribution in [2.75, 3.05) is 6.61 Å². The molecule has 114 valence electrons. The van der Waals surface area contributed by atoms with E-state index in [1.54, 1.807) is 6.92 Å². The van der Waals surface area contributed by atoms with Crippen molar-refractivity contribution < 1.29 is 23.9 Å². The van der Waals surface area contributed by atoms with Crippen LogP contribution < -0.4 is 0 Å². The van der Waals surface area contributed by atoms with Gasteiger partial charge in [0, 0.05) is 17.7 Å². The zero-order valence-electron chi connectivity index (χ0n) is 11.1. The highest BCUT2D eigenvalue weighted by Crippen LogP contribution is 2.28. The van der Waals surface area contributed by atoms with Gasteiger partial charge in [0.05, 0.1) is 22.5 Å². The molecule has 0 bridgehead atoms. The summed E-state index contributed by atoms with van der Waals surface area (Å²) in [7, 11) is 0. The molecular formula is C11H8N4O7. The highest BCUT2D eigenvalue weighted by molar-refractivity contribution is 5.84. The molecule has 0 radical (unpaired) electrons. The van der Waals surface area contributed by atoms with Gasteiger partial charge in [-0.3, -0.25) is 20.2 Å². The summed E-state index contributed by atoms with van der Waals surface area (Å²) in [6.45, 7) is 1.68. The van der Waals surface area contributed by atoms with Gasteiger partial charge >= 0.3 is 11.9 Å². The minimum absolute atomic E-state index is 0.0276. The molecule has 2 rings (SSSR count). The van der Waals surface area contributed by atoms with Crippen LogP contribution in [0.25, 0.3) is 11.4 Å². The molecule has 11 nitrogen and oxygen atoms in total. The molecule has 0 spiro atoms. The minimum atomic E-state index is -0.860. The zero-order chi connectivity index (χ0) is 16.3. The molecule has 1 aromatic heterocycles. The van der Waals surface area contributed by atoms with E-state index in [-0.39, 0.29) is 18.0 Å². The van der Waals surface area contributed by atoms with Crippen molar-refractivity contribution in [3.8, 4) is 11.4 Å². The number of hydrogen-bond donors (Lipinski definition) is 0. The van der Waals surface area contributed by atoms with Crippen molar-refractivity contribution in [1.29, 1.82) is 0 Å². The van der Waals surface area contributed by atoms with Gasteiger partial charge in [0.1, 0.15) is 0 Å². The number of benzene rings is 1. The topological polar surface area (TPSA) is 152 Å². The molecular weight excluding hydrogens is 300 g/mol. The van der Waals surface area contributed by atoms with Gasteiger partial charge in [-0.15, -0.1) is 0 Å². The van der Waals surface area contributed by atoms with Crippen molar-refractivity contribution >= 4 is 17.3 Å². The summed E-state index contributed by atoms with van der Waals surface area (Å²) in [5, 5.41) is 25.1. The van der Waals surface area contributed by atoms with Crippen LogP contribution >= 0.6 is 0 Å². The first-order chi connectivity index (χ1) is 10.4. The third-order valence-corrected chi connectivity index (χ3v) is 2.46. The molecule has 0 atom stereocenters. The van der Waals surface area contributed by atoms with E-state index in [1.807, 2.05) is 0 Å². The van der Waals surface area contributed by atoms with Crippen molar-refractivity contribution in [2.24, 2.45) is 0 Å². The molecule has 0 saturated carbocycles. The molecule has 0 aliphatic heterocycles. The lowest BCUT2D eigenvalue weighted by molar-refractivity contribution is -0.394. The molecule has 0 N–H and O–H groups in total. The van der Waals surface area contributed by atoms with Gasteiger partial charge in [0.25, 0.3) is 11.4 Å². The highest BCUT2D eigenvalue weighted by Gasteiger charge is 2.22. The van der Waals surface area contributed by atoms with E-state index in [0.717, 1.165) is 18.2 Å². The first kappa shape index (κ1) is 15.0. The average Bonchev–Trinajstić information content (AvgIpc) is 2.96. The molecule has 0 saturated heterocycles. The molecule has 22 heavy (non-hydrogen) atoms. The maximum absolute atomic E-state index is 11.4. The summed E-state index contributed by atoms with van der Waals surface area (Å²) in [6, 6.07) is 2.87. The fourth-order valence-corrected chi connectivity index (χ4v) is 1.55. The van der Waals surface area contributed by atoms with E-state index in [1.165, 1.54) is 0 Å². The van der Waals surface area contributed by atoms with E-state index in [2.05, 4.69) is 19.4 Å². The van der Waals surface area contributed by atoms with Crippen LogP contribution in [-0.2, 0) is 4.74 Å². The summed E-state index contributed by atoms with van der Waals surface area (Å²) < 4.78 is 9.31. The van der Waals surface area contributed by atoms with Crippen LogP contribution in [0, 0.1) is 20.2 Å². The van der Waals surface area contributed by atoms with Crippen LogP contribution in [0.15, 0.2) is 22.7 Å². The molecule has 11 heteroatoms. The maximum atomic E-state index is 11.4. The van der Waals surface area contributed by atoms with Crippen molar-refractivity contribution in [1.82, 2.24) is 10.1 Å². The number of nitro groups is 2. The second kappa shape index (κ2) is 5.95. The smallest absolute Gasteiger partial charge is 0.397 e. The molecule has 1 aromatic carbocycles. The van der Waals surface area contributed by atoms with Gasteiger partial charge in [-0.05, 0) is 6.92 Å². The van der Waals surface area contributed by atoms with Crippen LogP contribution in [0.3, 0.4) is 0 Å². The van der Waals surface area contributed by atoms with E-state index in [0.29, 0.717) is 0 Å². The average molecular weight is 308 g/mol. The quantitative estimate of drug-likeness (QED) is 0.456. The van der Waals surface area contributed by atoms with Crippen LogP contribution in [0.2, 0.25) is 0 Å². The van der Waals surface area contributed by atoms with Gasteiger partial charge in [-0.1, -0.05) is 5.16 Å². The number of esters is 1.